The van der Waals surface area contributed by atoms with Gasteiger partial charge in [-0.25, -0.2) is 9.78 Å². The monoisotopic (exact) mass is 633 g/mol. The molecule has 0 saturated heterocycles. The number of hydrogen-bond acceptors (Lipinski definition) is 5. The number of ether oxygens (including phenoxy) is 1. The van der Waals surface area contributed by atoms with E-state index in [2.05, 4.69) is 20.4 Å². The normalized spacial score (nSPS) is 11.2. The maximum absolute atomic E-state index is 13.7. The highest BCUT2D eigenvalue weighted by molar-refractivity contribution is 6.32. The Bertz CT molecular complexity index is 1890. The molecule has 0 saturated carbocycles. The van der Waals surface area contributed by atoms with Crippen molar-refractivity contribution in [2.24, 2.45) is 7.05 Å². The number of nitrogens with zero attached hydrogens (tertiary/aromatic N) is 3. The van der Waals surface area contributed by atoms with Crippen LogP contribution in [0.25, 0.3) is 22.0 Å². The van der Waals surface area contributed by atoms with Crippen molar-refractivity contribution in [2.45, 2.75) is 47.1 Å². The van der Waals surface area contributed by atoms with Gasteiger partial charge in [0, 0.05) is 34.3 Å². The second kappa shape index (κ2) is 12.7. The van der Waals surface area contributed by atoms with Gasteiger partial charge in [-0.3, -0.25) is 9.48 Å². The Kier molecular flexibility index (Phi) is 8.99. The molecular weight excluding hydrogens is 601 g/mol. The number of benzene rings is 2. The first-order valence-corrected chi connectivity index (χ1v) is 14.9. The molecule has 0 atom stereocenters. The number of pyridine rings is 1. The highest BCUT2D eigenvalue weighted by Gasteiger charge is 2.22. The van der Waals surface area contributed by atoms with Crippen molar-refractivity contribution in [3.05, 3.63) is 97.7 Å². The molecule has 44 heavy (non-hydrogen) atoms. The second-order valence-corrected chi connectivity index (χ2v) is 11.6. The van der Waals surface area contributed by atoms with Gasteiger partial charge in [-0.05, 0) is 81.5 Å². The number of carboxylic acid groups (broad SMARTS) is 1. The Hall–Kier alpha value is -4.34. The molecule has 0 unspecified atom stereocenters. The fourth-order valence-electron chi connectivity index (χ4n) is 5.55. The summed E-state index contributed by atoms with van der Waals surface area (Å²) in [4.78, 5) is 32.7. The summed E-state index contributed by atoms with van der Waals surface area (Å²) in [5.41, 5.74) is 8.24. The van der Waals surface area contributed by atoms with Crippen LogP contribution >= 0.6 is 23.2 Å². The first-order valence-electron chi connectivity index (χ1n) is 14.2. The second-order valence-electron chi connectivity index (χ2n) is 10.9. The zero-order valence-corrected chi connectivity index (χ0v) is 26.7. The van der Waals surface area contributed by atoms with Crippen LogP contribution in [-0.4, -0.2) is 43.3 Å². The van der Waals surface area contributed by atoms with Gasteiger partial charge in [-0.1, -0.05) is 41.4 Å². The smallest absolute Gasteiger partial charge is 0.335 e. The van der Waals surface area contributed by atoms with Gasteiger partial charge in [0.2, 0.25) is 0 Å². The number of carbonyl (C=O) groups is 2. The maximum atomic E-state index is 13.7. The third-order valence-corrected chi connectivity index (χ3v) is 8.51. The summed E-state index contributed by atoms with van der Waals surface area (Å²) in [6.45, 7) is 8.33. The third kappa shape index (κ3) is 6.30. The van der Waals surface area contributed by atoms with E-state index in [1.165, 1.54) is 12.1 Å². The van der Waals surface area contributed by atoms with E-state index in [4.69, 9.17) is 27.9 Å². The Labute approximate surface area is 265 Å². The Balaban J connectivity index is 1.46. The van der Waals surface area contributed by atoms with E-state index < -0.39 is 5.97 Å². The Morgan fingerprint density at radius 3 is 2.45 bits per heavy atom. The first-order chi connectivity index (χ1) is 20.9. The number of aromatic carboxylic acids is 1. The van der Waals surface area contributed by atoms with E-state index in [0.29, 0.717) is 30.8 Å². The molecule has 0 bridgehead atoms. The van der Waals surface area contributed by atoms with Gasteiger partial charge in [-0.15, -0.1) is 0 Å². The zero-order valence-electron chi connectivity index (χ0n) is 25.1. The molecule has 5 aromatic rings. The number of fused-ring (bicyclic) bond motifs is 1. The number of aromatic amines is 1. The number of halogens is 2. The minimum atomic E-state index is -1.13. The highest BCUT2D eigenvalue weighted by atomic mass is 35.5. The number of H-pyrrole nitrogens is 1. The number of aromatic nitrogens is 4. The molecule has 2 aromatic carbocycles. The fraction of sp³-hybridized carbons (Fsp3) is 0.273. The van der Waals surface area contributed by atoms with Gasteiger partial charge < -0.3 is 20.1 Å². The summed E-state index contributed by atoms with van der Waals surface area (Å²) in [6, 6.07) is 12.5. The molecule has 0 aliphatic carbocycles. The van der Waals surface area contributed by atoms with Gasteiger partial charge in [0.15, 0.2) is 0 Å². The lowest BCUT2D eigenvalue weighted by Crippen LogP contribution is -2.25. The Morgan fingerprint density at radius 2 is 1.80 bits per heavy atom. The number of nitrogens with one attached hydrogen (secondary N) is 2. The van der Waals surface area contributed by atoms with Gasteiger partial charge in [0.25, 0.3) is 5.91 Å². The van der Waals surface area contributed by atoms with E-state index in [0.717, 1.165) is 60.9 Å². The van der Waals surface area contributed by atoms with Crippen LogP contribution in [0.1, 0.15) is 61.0 Å². The van der Waals surface area contributed by atoms with Crippen molar-refractivity contribution in [1.82, 2.24) is 25.1 Å². The lowest BCUT2D eigenvalue weighted by Gasteiger charge is -2.11. The minimum Gasteiger partial charge on any atom is -0.494 e. The standard InChI is InChI=1S/C33H33Cl2N5O4/c1-17-12-23(13-18(2)29(17)35)44-11-7-10-25-24-8-6-9-26(28-19(3)39-40(5)20(28)4)30(24)38-31(25)32(41)36-16-22-14-21(33(42)43)15-27(34)37-22/h6,8-9,12-15,38H,7,10-11,16H2,1-5H3,(H,36,41)(H,42,43). The van der Waals surface area contributed by atoms with Gasteiger partial charge >= 0.3 is 5.97 Å². The molecule has 11 heteroatoms. The lowest BCUT2D eigenvalue weighted by molar-refractivity contribution is 0.0696. The van der Waals surface area contributed by atoms with Crippen LogP contribution < -0.4 is 10.1 Å². The van der Waals surface area contributed by atoms with E-state index in [-0.39, 0.29) is 23.2 Å². The van der Waals surface area contributed by atoms with Crippen molar-refractivity contribution in [1.29, 1.82) is 0 Å². The van der Waals surface area contributed by atoms with Crippen LogP contribution in [0.15, 0.2) is 42.5 Å². The van der Waals surface area contributed by atoms with E-state index in [1.54, 1.807) is 0 Å². The van der Waals surface area contributed by atoms with Crippen LogP contribution in [-0.2, 0) is 20.0 Å². The maximum Gasteiger partial charge on any atom is 0.335 e. The van der Waals surface area contributed by atoms with Crippen LogP contribution in [0.3, 0.4) is 0 Å². The van der Waals surface area contributed by atoms with Crippen molar-refractivity contribution >= 4 is 46.0 Å². The minimum absolute atomic E-state index is 0.000533. The molecule has 0 radical (unpaired) electrons. The van der Waals surface area contributed by atoms with Crippen LogP contribution in [0.4, 0.5) is 0 Å². The van der Waals surface area contributed by atoms with Gasteiger partial charge in [0.1, 0.15) is 16.6 Å². The molecular formula is C33H33Cl2N5O4. The lowest BCUT2D eigenvalue weighted by atomic mass is 9.98. The van der Waals surface area contributed by atoms with Crippen LogP contribution in [0, 0.1) is 27.7 Å². The fourth-order valence-corrected chi connectivity index (χ4v) is 5.89. The van der Waals surface area contributed by atoms with Crippen LogP contribution in [0.2, 0.25) is 10.2 Å². The summed E-state index contributed by atoms with van der Waals surface area (Å²) in [6.07, 6.45) is 1.22. The summed E-state index contributed by atoms with van der Waals surface area (Å²) in [5.74, 6) is -0.717. The van der Waals surface area contributed by atoms with Gasteiger partial charge in [-0.2, -0.15) is 5.10 Å². The third-order valence-electron chi connectivity index (χ3n) is 7.72. The average Bonchev–Trinajstić information content (AvgIpc) is 3.47. The van der Waals surface area contributed by atoms with Crippen molar-refractivity contribution in [2.75, 3.05) is 6.61 Å². The van der Waals surface area contributed by atoms with E-state index >= 15 is 0 Å². The summed E-state index contributed by atoms with van der Waals surface area (Å²) in [5, 5.41) is 18.6. The summed E-state index contributed by atoms with van der Waals surface area (Å²) < 4.78 is 7.91. The quantitative estimate of drug-likeness (QED) is 0.111. The number of hydrogen-bond donors (Lipinski definition) is 3. The molecule has 0 aliphatic heterocycles. The molecule has 1 amide bonds. The van der Waals surface area contributed by atoms with Crippen molar-refractivity contribution in [3.63, 3.8) is 0 Å². The van der Waals surface area contributed by atoms with Gasteiger partial charge in [0.05, 0.1) is 35.6 Å². The predicted molar refractivity (Wildman–Crippen MR) is 172 cm³/mol. The van der Waals surface area contributed by atoms with Crippen molar-refractivity contribution in [3.8, 4) is 16.9 Å². The largest absolute Gasteiger partial charge is 0.494 e. The predicted octanol–water partition coefficient (Wildman–Crippen LogP) is 7.14. The molecule has 0 aliphatic rings. The molecule has 228 valence electrons. The number of aryl methyl sites for hydroxylation is 5. The molecule has 0 fully saturated rings. The molecule has 3 aromatic heterocycles. The number of rotatable bonds is 10. The summed E-state index contributed by atoms with van der Waals surface area (Å²) >= 11 is 12.3. The molecule has 9 nitrogen and oxygen atoms in total. The SMILES string of the molecule is Cc1cc(OCCCc2c(C(=O)NCc3cc(C(=O)O)cc(Cl)n3)[nH]c3c(-c4c(C)nn(C)c4C)cccc23)cc(C)c1Cl. The molecule has 5 rings (SSSR count). The Morgan fingerprint density at radius 1 is 1.07 bits per heavy atom. The summed E-state index contributed by atoms with van der Waals surface area (Å²) in [7, 11) is 1.91. The number of carbonyl (C=O) groups excluding carboxylic acids is 1. The topological polar surface area (TPSA) is 122 Å². The number of amides is 1. The van der Waals surface area contributed by atoms with Crippen LogP contribution in [0.5, 0.6) is 5.75 Å². The zero-order chi connectivity index (χ0) is 31.7. The molecule has 0 spiro atoms. The molecule has 3 N–H and O–H groups in total. The van der Waals surface area contributed by atoms with E-state index in [9.17, 15) is 14.7 Å². The highest BCUT2D eigenvalue weighted by Crippen LogP contribution is 2.35. The number of carboxylic acids is 1. The first kappa shape index (κ1) is 31.1. The molecule has 3 heterocycles. The van der Waals surface area contributed by atoms with E-state index in [1.807, 2.05) is 69.8 Å². The number of para-hydroxylation sites is 1. The van der Waals surface area contributed by atoms with Crippen molar-refractivity contribution < 1.29 is 19.4 Å². The average molecular weight is 635 g/mol.